The number of rotatable bonds is 9. The van der Waals surface area contributed by atoms with Gasteiger partial charge in [0.05, 0.1) is 0 Å². The highest BCUT2D eigenvalue weighted by molar-refractivity contribution is 6.30. The lowest BCUT2D eigenvalue weighted by Gasteiger charge is -2.36. The molecule has 2 aliphatic rings. The molecular formula is C27H35ClN4O4. The first-order valence-electron chi connectivity index (χ1n) is 12.6. The maximum atomic E-state index is 13.9. The number of likely N-dealkylation sites (N-methyl/N-ethyl adjacent to an activating group) is 1. The molecule has 36 heavy (non-hydrogen) atoms. The molecule has 2 heterocycles. The van der Waals surface area contributed by atoms with Crippen molar-refractivity contribution in [3.8, 4) is 11.5 Å². The van der Waals surface area contributed by atoms with E-state index >= 15 is 0 Å². The maximum absolute atomic E-state index is 13.9. The van der Waals surface area contributed by atoms with Crippen molar-refractivity contribution in [2.45, 2.75) is 50.0 Å². The molecule has 2 aliphatic heterocycles. The molecule has 8 nitrogen and oxygen atoms in total. The van der Waals surface area contributed by atoms with Crippen LogP contribution in [0.3, 0.4) is 0 Å². The Hall–Kier alpha value is -2.81. The minimum absolute atomic E-state index is 0.00435. The molecule has 2 aromatic rings. The van der Waals surface area contributed by atoms with Crippen molar-refractivity contribution in [2.24, 2.45) is 0 Å². The molecule has 0 bridgehead atoms. The van der Waals surface area contributed by atoms with Gasteiger partial charge < -0.3 is 30.3 Å². The summed E-state index contributed by atoms with van der Waals surface area (Å²) in [6.45, 7) is 3.33. The van der Waals surface area contributed by atoms with E-state index in [9.17, 15) is 9.59 Å². The van der Waals surface area contributed by atoms with Crippen LogP contribution in [0.15, 0.2) is 54.6 Å². The molecule has 2 unspecified atom stereocenters. The summed E-state index contributed by atoms with van der Waals surface area (Å²) in [7, 11) is 1.77. The third kappa shape index (κ3) is 7.12. The van der Waals surface area contributed by atoms with Gasteiger partial charge in [0.25, 0.3) is 11.8 Å². The van der Waals surface area contributed by atoms with Crippen LogP contribution in [0, 0.1) is 0 Å². The van der Waals surface area contributed by atoms with E-state index in [0.717, 1.165) is 51.9 Å². The minimum atomic E-state index is -1.20. The number of amides is 2. The Bertz CT molecular complexity index is 996. The predicted octanol–water partition coefficient (Wildman–Crippen LogP) is 2.61. The van der Waals surface area contributed by atoms with Crippen molar-refractivity contribution in [2.75, 3.05) is 33.2 Å². The zero-order valence-electron chi connectivity index (χ0n) is 20.6. The van der Waals surface area contributed by atoms with Crippen LogP contribution < -0.4 is 25.4 Å². The van der Waals surface area contributed by atoms with Crippen molar-refractivity contribution < 1.29 is 19.1 Å². The second-order valence-electron chi connectivity index (χ2n) is 9.31. The third-order valence-electron chi connectivity index (χ3n) is 6.73. The first-order valence-corrected chi connectivity index (χ1v) is 13.0. The van der Waals surface area contributed by atoms with Gasteiger partial charge in [-0.2, -0.15) is 0 Å². The lowest BCUT2D eigenvalue weighted by Crippen LogP contribution is -2.59. The summed E-state index contributed by atoms with van der Waals surface area (Å²) < 4.78 is 12.4. The van der Waals surface area contributed by atoms with Gasteiger partial charge in [-0.1, -0.05) is 35.9 Å². The van der Waals surface area contributed by atoms with E-state index in [1.807, 2.05) is 18.2 Å². The van der Waals surface area contributed by atoms with Crippen molar-refractivity contribution in [1.82, 2.24) is 20.9 Å². The zero-order valence-corrected chi connectivity index (χ0v) is 21.4. The number of benzene rings is 2. The molecule has 2 aromatic carbocycles. The highest BCUT2D eigenvalue weighted by Crippen LogP contribution is 2.24. The molecule has 194 valence electrons. The summed E-state index contributed by atoms with van der Waals surface area (Å²) in [4.78, 5) is 29.3. The lowest BCUT2D eigenvalue weighted by atomic mass is 10.0. The average molecular weight is 515 g/mol. The van der Waals surface area contributed by atoms with Crippen LogP contribution in [0.25, 0.3) is 0 Å². The molecule has 3 N–H and O–H groups in total. The van der Waals surface area contributed by atoms with Crippen LogP contribution in [0.1, 0.15) is 25.7 Å². The highest BCUT2D eigenvalue weighted by Gasteiger charge is 2.42. The Balaban J connectivity index is 1.64. The fourth-order valence-corrected chi connectivity index (χ4v) is 4.83. The normalized spacial score (nSPS) is 18.6. The minimum Gasteiger partial charge on any atom is -0.476 e. The number of para-hydroxylation sites is 1. The summed E-state index contributed by atoms with van der Waals surface area (Å²) in [6.07, 6.45) is 0.886. The monoisotopic (exact) mass is 514 g/mol. The zero-order chi connectivity index (χ0) is 25.3. The molecule has 4 rings (SSSR count). The third-order valence-corrected chi connectivity index (χ3v) is 6.97. The first kappa shape index (κ1) is 26.3. The van der Waals surface area contributed by atoms with Crippen LogP contribution >= 0.6 is 11.6 Å². The summed E-state index contributed by atoms with van der Waals surface area (Å²) in [5.41, 5.74) is 0. The van der Waals surface area contributed by atoms with E-state index in [1.165, 1.54) is 0 Å². The SMILES string of the molecule is CN(C(=O)C(Oc1cccc(Cl)c1)C(Oc1ccccc1)C(=O)NC1CCNCC1)C1CCNCC1. The largest absolute Gasteiger partial charge is 0.476 e. The Morgan fingerprint density at radius 2 is 1.50 bits per heavy atom. The van der Waals surface area contributed by atoms with E-state index in [2.05, 4.69) is 16.0 Å². The molecule has 0 spiro atoms. The van der Waals surface area contributed by atoms with Crippen molar-refractivity contribution >= 4 is 23.4 Å². The molecule has 2 fully saturated rings. The molecule has 0 aromatic heterocycles. The van der Waals surface area contributed by atoms with E-state index in [0.29, 0.717) is 16.5 Å². The summed E-state index contributed by atoms with van der Waals surface area (Å²) in [5, 5.41) is 10.2. The van der Waals surface area contributed by atoms with Crippen molar-refractivity contribution in [3.63, 3.8) is 0 Å². The number of carbonyl (C=O) groups excluding carboxylic acids is 2. The van der Waals surface area contributed by atoms with Crippen LogP contribution in [0.5, 0.6) is 11.5 Å². The Morgan fingerprint density at radius 3 is 2.17 bits per heavy atom. The van der Waals surface area contributed by atoms with Crippen LogP contribution in [0.2, 0.25) is 5.02 Å². The first-order chi connectivity index (χ1) is 17.5. The topological polar surface area (TPSA) is 91.9 Å². The molecule has 0 saturated carbocycles. The van der Waals surface area contributed by atoms with E-state index in [4.69, 9.17) is 21.1 Å². The number of nitrogens with zero attached hydrogens (tertiary/aromatic N) is 1. The fourth-order valence-electron chi connectivity index (χ4n) is 4.65. The van der Waals surface area contributed by atoms with E-state index in [1.54, 1.807) is 48.3 Å². The smallest absolute Gasteiger partial charge is 0.268 e. The Morgan fingerprint density at radius 1 is 0.889 bits per heavy atom. The van der Waals surface area contributed by atoms with Gasteiger partial charge in [0.15, 0.2) is 0 Å². The number of ether oxygens (including phenoxy) is 2. The van der Waals surface area contributed by atoms with Gasteiger partial charge in [0.1, 0.15) is 11.5 Å². The second-order valence-corrected chi connectivity index (χ2v) is 9.75. The molecule has 9 heteroatoms. The molecular weight excluding hydrogens is 480 g/mol. The average Bonchev–Trinajstić information content (AvgIpc) is 2.91. The van der Waals surface area contributed by atoms with Crippen molar-refractivity contribution in [1.29, 1.82) is 0 Å². The number of hydrogen-bond donors (Lipinski definition) is 3. The quantitative estimate of drug-likeness (QED) is 0.476. The number of halogens is 1. The standard InChI is InChI=1S/C27H35ClN4O4/c1-32(21-12-16-30-17-13-21)27(34)25(36-23-9-5-6-19(28)18-23)24(35-22-7-3-2-4-8-22)26(33)31-20-10-14-29-15-11-20/h2-9,18,20-21,24-25,29-30H,10-17H2,1H3,(H,31,33). The van der Waals surface area contributed by atoms with Gasteiger partial charge in [-0.15, -0.1) is 0 Å². The van der Waals surface area contributed by atoms with Gasteiger partial charge in [-0.05, 0) is 82.2 Å². The van der Waals surface area contributed by atoms with Gasteiger partial charge in [0, 0.05) is 24.2 Å². The molecule has 0 radical (unpaired) electrons. The number of piperidine rings is 2. The van der Waals surface area contributed by atoms with Gasteiger partial charge in [-0.25, -0.2) is 0 Å². The molecule has 2 amide bonds. The lowest BCUT2D eigenvalue weighted by molar-refractivity contribution is -0.150. The van der Waals surface area contributed by atoms with E-state index in [-0.39, 0.29) is 23.9 Å². The van der Waals surface area contributed by atoms with Crippen molar-refractivity contribution in [3.05, 3.63) is 59.6 Å². The summed E-state index contributed by atoms with van der Waals surface area (Å²) >= 11 is 6.19. The van der Waals surface area contributed by atoms with Crippen LogP contribution in [-0.2, 0) is 9.59 Å². The number of hydrogen-bond acceptors (Lipinski definition) is 6. The summed E-state index contributed by atoms with van der Waals surface area (Å²) in [5.74, 6) is 0.212. The number of carbonyl (C=O) groups is 2. The maximum Gasteiger partial charge on any atom is 0.268 e. The Labute approximate surface area is 217 Å². The van der Waals surface area contributed by atoms with Crippen LogP contribution in [-0.4, -0.2) is 74.2 Å². The molecule has 2 saturated heterocycles. The fraction of sp³-hybridized carbons (Fsp3) is 0.481. The summed E-state index contributed by atoms with van der Waals surface area (Å²) in [6, 6.07) is 15.9. The van der Waals surface area contributed by atoms with Gasteiger partial charge >= 0.3 is 0 Å². The molecule has 2 atom stereocenters. The van der Waals surface area contributed by atoms with Gasteiger partial charge in [-0.3, -0.25) is 9.59 Å². The predicted molar refractivity (Wildman–Crippen MR) is 139 cm³/mol. The molecule has 0 aliphatic carbocycles. The number of nitrogens with one attached hydrogen (secondary N) is 3. The van der Waals surface area contributed by atoms with Crippen LogP contribution in [0.4, 0.5) is 0 Å². The second kappa shape index (κ2) is 12.9. The highest BCUT2D eigenvalue weighted by atomic mass is 35.5. The van der Waals surface area contributed by atoms with Gasteiger partial charge in [0.2, 0.25) is 12.2 Å². The van der Waals surface area contributed by atoms with E-state index < -0.39 is 12.2 Å². The Kier molecular flexibility index (Phi) is 9.44.